The van der Waals surface area contributed by atoms with E-state index in [2.05, 4.69) is 10.4 Å². The summed E-state index contributed by atoms with van der Waals surface area (Å²) in [4.78, 5) is 12.0. The van der Waals surface area contributed by atoms with Gasteiger partial charge >= 0.3 is 6.18 Å². The molecule has 1 aromatic carbocycles. The molecule has 1 heterocycles. The quantitative estimate of drug-likeness (QED) is 0.906. The van der Waals surface area contributed by atoms with E-state index in [9.17, 15) is 18.0 Å². The Morgan fingerprint density at radius 3 is 2.45 bits per heavy atom. The number of hydrogen-bond acceptors (Lipinski definition) is 2. The predicted molar refractivity (Wildman–Crippen MR) is 75.3 cm³/mol. The molecule has 2 rings (SSSR count). The van der Waals surface area contributed by atoms with Crippen LogP contribution < -0.4 is 5.32 Å². The molecule has 2 N–H and O–H groups in total. The molecule has 0 radical (unpaired) electrons. The van der Waals surface area contributed by atoms with E-state index in [1.54, 1.807) is 0 Å². The number of amides is 1. The number of nitrogens with one attached hydrogen (secondary N) is 2. The number of aromatic amines is 1. The molecule has 0 aliphatic heterocycles. The number of alkyl halides is 3. The molecule has 0 spiro atoms. The summed E-state index contributed by atoms with van der Waals surface area (Å²) in [6.07, 6.45) is -3.93. The van der Waals surface area contributed by atoms with Crippen LogP contribution in [0.15, 0.2) is 30.3 Å². The largest absolute Gasteiger partial charge is 0.432 e. The molecule has 4 nitrogen and oxygen atoms in total. The highest BCUT2D eigenvalue weighted by Crippen LogP contribution is 2.27. The van der Waals surface area contributed by atoms with E-state index < -0.39 is 17.8 Å². The third kappa shape index (κ3) is 3.66. The lowest BCUT2D eigenvalue weighted by atomic mass is 10.0. The molecule has 0 fully saturated rings. The Balaban J connectivity index is 2.12. The van der Waals surface area contributed by atoms with Crippen LogP contribution in [0.5, 0.6) is 0 Å². The molecule has 1 aromatic heterocycles. The van der Waals surface area contributed by atoms with Crippen molar-refractivity contribution in [2.45, 2.75) is 32.5 Å². The fourth-order valence-electron chi connectivity index (χ4n) is 2.04. The van der Waals surface area contributed by atoms with E-state index in [4.69, 9.17) is 0 Å². The SMILES string of the molecule is CC[C@H](NC(=O)c1cc(C(F)(F)F)[nH]n1)c1ccc(C)cc1. The van der Waals surface area contributed by atoms with Gasteiger partial charge in [0.2, 0.25) is 0 Å². The average molecular weight is 311 g/mol. The zero-order valence-corrected chi connectivity index (χ0v) is 12.2. The maximum atomic E-state index is 12.5. The molecule has 0 saturated heterocycles. The predicted octanol–water partition coefficient (Wildman–Crippen LogP) is 3.62. The Hall–Kier alpha value is -2.31. The van der Waals surface area contributed by atoms with Crippen LogP contribution in [-0.2, 0) is 6.18 Å². The van der Waals surface area contributed by atoms with Gasteiger partial charge in [0.25, 0.3) is 5.91 Å². The number of nitrogens with zero attached hydrogens (tertiary/aromatic N) is 1. The van der Waals surface area contributed by atoms with Gasteiger partial charge in [-0.2, -0.15) is 18.3 Å². The molecule has 7 heteroatoms. The second-order valence-electron chi connectivity index (χ2n) is 5.01. The summed E-state index contributed by atoms with van der Waals surface area (Å²) in [5.41, 5.74) is 0.666. The van der Waals surface area contributed by atoms with Gasteiger partial charge in [-0.05, 0) is 18.9 Å². The lowest BCUT2D eigenvalue weighted by Crippen LogP contribution is -2.28. The van der Waals surface area contributed by atoms with Gasteiger partial charge in [0.15, 0.2) is 5.69 Å². The Morgan fingerprint density at radius 2 is 1.95 bits per heavy atom. The minimum atomic E-state index is -4.55. The van der Waals surface area contributed by atoms with Crippen molar-refractivity contribution in [2.24, 2.45) is 0 Å². The minimum Gasteiger partial charge on any atom is -0.344 e. The average Bonchev–Trinajstić information content (AvgIpc) is 2.95. The molecule has 0 bridgehead atoms. The number of aromatic nitrogens is 2. The third-order valence-corrected chi connectivity index (χ3v) is 3.31. The van der Waals surface area contributed by atoms with E-state index in [0.29, 0.717) is 12.5 Å². The fourth-order valence-corrected chi connectivity index (χ4v) is 2.04. The van der Waals surface area contributed by atoms with Gasteiger partial charge in [0.05, 0.1) is 6.04 Å². The lowest BCUT2D eigenvalue weighted by Gasteiger charge is -2.17. The number of halogens is 3. The van der Waals surface area contributed by atoms with E-state index in [1.165, 1.54) is 0 Å². The molecule has 2 aromatic rings. The number of benzene rings is 1. The number of carbonyl (C=O) groups excluding carboxylic acids is 1. The maximum Gasteiger partial charge on any atom is 0.432 e. The van der Waals surface area contributed by atoms with Gasteiger partial charge < -0.3 is 5.32 Å². The van der Waals surface area contributed by atoms with Gasteiger partial charge in [-0.3, -0.25) is 9.89 Å². The first kappa shape index (κ1) is 16.1. The van der Waals surface area contributed by atoms with Crippen LogP contribution in [-0.4, -0.2) is 16.1 Å². The molecular weight excluding hydrogens is 295 g/mol. The zero-order chi connectivity index (χ0) is 16.3. The maximum absolute atomic E-state index is 12.5. The van der Waals surface area contributed by atoms with E-state index in [1.807, 2.05) is 43.2 Å². The van der Waals surface area contributed by atoms with Gasteiger partial charge in [-0.25, -0.2) is 0 Å². The number of rotatable bonds is 4. The highest BCUT2D eigenvalue weighted by Gasteiger charge is 2.34. The standard InChI is InChI=1S/C15H16F3N3O/c1-3-11(10-6-4-9(2)5-7-10)19-14(22)12-8-13(21-20-12)15(16,17)18/h4-8,11H,3H2,1-2H3,(H,19,22)(H,20,21)/t11-/m0/s1. The fraction of sp³-hybridized carbons (Fsp3) is 0.333. The third-order valence-electron chi connectivity index (χ3n) is 3.31. The van der Waals surface area contributed by atoms with Crippen LogP contribution in [0.2, 0.25) is 0 Å². The Bertz CT molecular complexity index is 647. The molecule has 0 aliphatic rings. The second-order valence-corrected chi connectivity index (χ2v) is 5.01. The van der Waals surface area contributed by atoms with Crippen LogP contribution in [0.4, 0.5) is 13.2 Å². The highest BCUT2D eigenvalue weighted by molar-refractivity contribution is 5.92. The molecule has 0 aliphatic carbocycles. The van der Waals surface area contributed by atoms with Crippen LogP contribution in [0, 0.1) is 6.92 Å². The second kappa shape index (κ2) is 6.21. The van der Waals surface area contributed by atoms with Crippen LogP contribution in [0.3, 0.4) is 0 Å². The zero-order valence-electron chi connectivity index (χ0n) is 12.2. The van der Waals surface area contributed by atoms with Gasteiger partial charge in [-0.15, -0.1) is 0 Å². The summed E-state index contributed by atoms with van der Waals surface area (Å²) in [5.74, 6) is -0.640. The van der Waals surface area contributed by atoms with Crippen molar-refractivity contribution in [1.82, 2.24) is 15.5 Å². The normalized spacial score (nSPS) is 13.0. The van der Waals surface area contributed by atoms with E-state index >= 15 is 0 Å². The summed E-state index contributed by atoms with van der Waals surface area (Å²) in [7, 11) is 0. The molecule has 0 saturated carbocycles. The first-order valence-electron chi connectivity index (χ1n) is 6.81. The summed E-state index contributed by atoms with van der Waals surface area (Å²) in [5, 5.41) is 7.94. The first-order valence-corrected chi connectivity index (χ1v) is 6.81. The van der Waals surface area contributed by atoms with Gasteiger partial charge in [0, 0.05) is 6.07 Å². The van der Waals surface area contributed by atoms with Crippen molar-refractivity contribution in [2.75, 3.05) is 0 Å². The summed E-state index contributed by atoms with van der Waals surface area (Å²) < 4.78 is 37.5. The molecule has 22 heavy (non-hydrogen) atoms. The number of aryl methyl sites for hydroxylation is 1. The van der Waals surface area contributed by atoms with Gasteiger partial charge in [0.1, 0.15) is 5.69 Å². The van der Waals surface area contributed by atoms with Crippen molar-refractivity contribution in [3.8, 4) is 0 Å². The number of hydrogen-bond donors (Lipinski definition) is 2. The molecule has 1 atom stereocenters. The number of carbonyl (C=O) groups is 1. The smallest absolute Gasteiger partial charge is 0.344 e. The van der Waals surface area contributed by atoms with Crippen molar-refractivity contribution in [3.63, 3.8) is 0 Å². The Morgan fingerprint density at radius 1 is 1.32 bits per heavy atom. The molecule has 0 unspecified atom stereocenters. The van der Waals surface area contributed by atoms with Crippen molar-refractivity contribution in [1.29, 1.82) is 0 Å². The Kier molecular flexibility index (Phi) is 4.54. The summed E-state index contributed by atoms with van der Waals surface area (Å²) in [6.45, 7) is 3.84. The minimum absolute atomic E-state index is 0.279. The first-order chi connectivity index (χ1) is 10.3. The molecule has 1 amide bonds. The van der Waals surface area contributed by atoms with Crippen molar-refractivity contribution >= 4 is 5.91 Å². The monoisotopic (exact) mass is 311 g/mol. The van der Waals surface area contributed by atoms with Gasteiger partial charge in [-0.1, -0.05) is 36.8 Å². The van der Waals surface area contributed by atoms with E-state index in [-0.39, 0.29) is 11.7 Å². The summed E-state index contributed by atoms with van der Waals surface area (Å²) >= 11 is 0. The van der Waals surface area contributed by atoms with Crippen LogP contribution in [0.1, 0.15) is 46.7 Å². The van der Waals surface area contributed by atoms with Crippen LogP contribution in [0.25, 0.3) is 0 Å². The van der Waals surface area contributed by atoms with Crippen molar-refractivity contribution in [3.05, 3.63) is 52.8 Å². The summed E-state index contributed by atoms with van der Waals surface area (Å²) in [6, 6.07) is 8.03. The van der Waals surface area contributed by atoms with Crippen molar-refractivity contribution < 1.29 is 18.0 Å². The topological polar surface area (TPSA) is 57.8 Å². The molecular formula is C15H16F3N3O. The lowest BCUT2D eigenvalue weighted by molar-refractivity contribution is -0.141. The highest BCUT2D eigenvalue weighted by atomic mass is 19.4. The van der Waals surface area contributed by atoms with Crippen LogP contribution >= 0.6 is 0 Å². The Labute approximate surface area is 125 Å². The van der Waals surface area contributed by atoms with E-state index in [0.717, 1.165) is 11.1 Å². The molecule has 118 valence electrons. The number of H-pyrrole nitrogens is 1.